The van der Waals surface area contributed by atoms with Gasteiger partial charge in [-0.15, -0.1) is 0 Å². The number of aryl methyl sites for hydroxylation is 2. The van der Waals surface area contributed by atoms with Crippen LogP contribution in [0.15, 0.2) is 127 Å². The average Bonchev–Trinajstić information content (AvgIpc) is 2.95. The second-order valence-corrected chi connectivity index (χ2v) is 9.34. The number of hydrogen-bond donors (Lipinski definition) is 0. The molecule has 0 bridgehead atoms. The maximum absolute atomic E-state index is 2.30. The standard InChI is InChI=1S/C36H31N/c1-28-8-22-34(23-9-28)37(35-24-10-29(2)11-25-35)36-26-20-33(21-27-36)19-18-32-16-14-31(15-17-32)13-12-30-6-4-3-5-7-30/h3-27H,1-2H3. The van der Waals surface area contributed by atoms with Crippen molar-refractivity contribution in [3.05, 3.63) is 161 Å². The molecule has 180 valence electrons. The van der Waals surface area contributed by atoms with E-state index in [2.05, 4.69) is 164 Å². The van der Waals surface area contributed by atoms with Gasteiger partial charge in [0, 0.05) is 17.1 Å². The predicted octanol–water partition coefficient (Wildman–Crippen LogP) is 10.1. The highest BCUT2D eigenvalue weighted by atomic mass is 15.1. The molecule has 0 spiro atoms. The molecule has 0 amide bonds. The Bertz CT molecular complexity index is 1430. The maximum atomic E-state index is 2.30. The maximum Gasteiger partial charge on any atom is 0.0462 e. The fourth-order valence-electron chi connectivity index (χ4n) is 4.24. The molecule has 1 heteroatoms. The quantitative estimate of drug-likeness (QED) is 0.211. The fourth-order valence-corrected chi connectivity index (χ4v) is 4.24. The van der Waals surface area contributed by atoms with Crippen molar-refractivity contribution in [2.45, 2.75) is 13.8 Å². The van der Waals surface area contributed by atoms with E-state index in [-0.39, 0.29) is 0 Å². The Hall–Kier alpha value is -4.62. The SMILES string of the molecule is Cc1ccc(N(c2ccc(C)cc2)c2ccc(C=Cc3ccc(C=Cc4ccccc4)cc3)cc2)cc1. The Morgan fingerprint density at radius 3 is 1.03 bits per heavy atom. The summed E-state index contributed by atoms with van der Waals surface area (Å²) in [5.41, 5.74) is 10.7. The molecule has 0 radical (unpaired) electrons. The number of nitrogens with zero attached hydrogens (tertiary/aromatic N) is 1. The molecule has 5 rings (SSSR count). The minimum absolute atomic E-state index is 1.14. The van der Waals surface area contributed by atoms with Gasteiger partial charge in [0.15, 0.2) is 0 Å². The van der Waals surface area contributed by atoms with Gasteiger partial charge in [-0.2, -0.15) is 0 Å². The Morgan fingerprint density at radius 2 is 0.649 bits per heavy atom. The van der Waals surface area contributed by atoms with Gasteiger partial charge in [-0.25, -0.2) is 0 Å². The monoisotopic (exact) mass is 477 g/mol. The first-order valence-corrected chi connectivity index (χ1v) is 12.7. The Kier molecular flexibility index (Phi) is 7.43. The average molecular weight is 478 g/mol. The molecule has 0 aliphatic rings. The van der Waals surface area contributed by atoms with Crippen LogP contribution < -0.4 is 4.90 Å². The van der Waals surface area contributed by atoms with Crippen LogP contribution in [0.3, 0.4) is 0 Å². The summed E-state index contributed by atoms with van der Waals surface area (Å²) >= 11 is 0. The lowest BCUT2D eigenvalue weighted by atomic mass is 10.1. The van der Waals surface area contributed by atoms with Crippen molar-refractivity contribution in [1.29, 1.82) is 0 Å². The van der Waals surface area contributed by atoms with E-state index in [0.717, 1.165) is 17.1 Å². The zero-order valence-corrected chi connectivity index (χ0v) is 21.4. The predicted molar refractivity (Wildman–Crippen MR) is 161 cm³/mol. The van der Waals surface area contributed by atoms with Crippen molar-refractivity contribution in [3.8, 4) is 0 Å². The molecule has 0 aliphatic heterocycles. The van der Waals surface area contributed by atoms with E-state index in [4.69, 9.17) is 0 Å². The molecule has 1 nitrogen and oxygen atoms in total. The van der Waals surface area contributed by atoms with Crippen molar-refractivity contribution in [2.24, 2.45) is 0 Å². The largest absolute Gasteiger partial charge is 0.311 e. The third kappa shape index (κ3) is 6.34. The molecule has 5 aromatic rings. The third-order valence-corrected chi connectivity index (χ3v) is 6.41. The minimum atomic E-state index is 1.14. The Labute approximate surface area is 220 Å². The molecule has 0 saturated carbocycles. The van der Waals surface area contributed by atoms with E-state index >= 15 is 0 Å². The molecule has 0 fully saturated rings. The van der Waals surface area contributed by atoms with E-state index in [9.17, 15) is 0 Å². The van der Waals surface area contributed by atoms with E-state index in [1.807, 2.05) is 6.07 Å². The van der Waals surface area contributed by atoms with Crippen LogP contribution in [0.5, 0.6) is 0 Å². The van der Waals surface area contributed by atoms with Crippen LogP contribution in [0.4, 0.5) is 17.1 Å². The van der Waals surface area contributed by atoms with Crippen molar-refractivity contribution in [2.75, 3.05) is 4.90 Å². The molecule has 0 aliphatic carbocycles. The van der Waals surface area contributed by atoms with Crippen molar-refractivity contribution < 1.29 is 0 Å². The van der Waals surface area contributed by atoms with Crippen LogP contribution in [0, 0.1) is 13.8 Å². The van der Waals surface area contributed by atoms with Gasteiger partial charge in [0.05, 0.1) is 0 Å². The van der Waals surface area contributed by atoms with E-state index in [1.54, 1.807) is 0 Å². The fraction of sp³-hybridized carbons (Fsp3) is 0.0556. The van der Waals surface area contributed by atoms with Gasteiger partial charge < -0.3 is 4.90 Å². The summed E-state index contributed by atoms with van der Waals surface area (Å²) in [6.07, 6.45) is 8.62. The summed E-state index contributed by atoms with van der Waals surface area (Å²) in [5.74, 6) is 0. The van der Waals surface area contributed by atoms with E-state index in [1.165, 1.54) is 33.4 Å². The molecule has 0 unspecified atom stereocenters. The van der Waals surface area contributed by atoms with Crippen LogP contribution in [0.1, 0.15) is 33.4 Å². The number of benzene rings is 5. The Balaban J connectivity index is 1.32. The first kappa shape index (κ1) is 24.1. The van der Waals surface area contributed by atoms with Crippen LogP contribution >= 0.6 is 0 Å². The van der Waals surface area contributed by atoms with Crippen molar-refractivity contribution in [3.63, 3.8) is 0 Å². The van der Waals surface area contributed by atoms with Gasteiger partial charge in [0.2, 0.25) is 0 Å². The zero-order chi connectivity index (χ0) is 25.5. The molecule has 0 aromatic heterocycles. The summed E-state index contributed by atoms with van der Waals surface area (Å²) in [7, 11) is 0. The summed E-state index contributed by atoms with van der Waals surface area (Å²) in [6, 6.07) is 45.1. The second-order valence-electron chi connectivity index (χ2n) is 9.34. The lowest BCUT2D eigenvalue weighted by molar-refractivity contribution is 1.27. The molecular formula is C36H31N. The van der Waals surface area contributed by atoms with Crippen LogP contribution in [-0.2, 0) is 0 Å². The highest BCUT2D eigenvalue weighted by Crippen LogP contribution is 2.34. The third-order valence-electron chi connectivity index (χ3n) is 6.41. The van der Waals surface area contributed by atoms with Crippen molar-refractivity contribution >= 4 is 41.4 Å². The van der Waals surface area contributed by atoms with Crippen LogP contribution in [0.25, 0.3) is 24.3 Å². The van der Waals surface area contributed by atoms with Crippen LogP contribution in [-0.4, -0.2) is 0 Å². The number of rotatable bonds is 7. The van der Waals surface area contributed by atoms with Crippen LogP contribution in [0.2, 0.25) is 0 Å². The summed E-state index contributed by atoms with van der Waals surface area (Å²) in [5, 5.41) is 0. The zero-order valence-electron chi connectivity index (χ0n) is 21.4. The molecular weight excluding hydrogens is 446 g/mol. The first-order valence-electron chi connectivity index (χ1n) is 12.7. The molecule has 0 heterocycles. The van der Waals surface area contributed by atoms with Gasteiger partial charge in [-0.3, -0.25) is 0 Å². The molecule has 0 atom stereocenters. The van der Waals surface area contributed by atoms with E-state index in [0.29, 0.717) is 0 Å². The van der Waals surface area contributed by atoms with Gasteiger partial charge in [0.1, 0.15) is 0 Å². The molecule has 5 aromatic carbocycles. The van der Waals surface area contributed by atoms with Gasteiger partial charge >= 0.3 is 0 Å². The minimum Gasteiger partial charge on any atom is -0.311 e. The van der Waals surface area contributed by atoms with Crippen molar-refractivity contribution in [1.82, 2.24) is 0 Å². The summed E-state index contributed by atoms with van der Waals surface area (Å²) < 4.78 is 0. The summed E-state index contributed by atoms with van der Waals surface area (Å²) in [4.78, 5) is 2.30. The highest BCUT2D eigenvalue weighted by molar-refractivity contribution is 5.78. The smallest absolute Gasteiger partial charge is 0.0462 e. The molecule has 0 N–H and O–H groups in total. The normalized spacial score (nSPS) is 11.3. The van der Waals surface area contributed by atoms with Gasteiger partial charge in [0.25, 0.3) is 0 Å². The number of hydrogen-bond acceptors (Lipinski definition) is 1. The van der Waals surface area contributed by atoms with Gasteiger partial charge in [-0.05, 0) is 72.5 Å². The topological polar surface area (TPSA) is 3.24 Å². The Morgan fingerprint density at radius 1 is 0.351 bits per heavy atom. The highest BCUT2D eigenvalue weighted by Gasteiger charge is 2.12. The lowest BCUT2D eigenvalue weighted by Crippen LogP contribution is -2.09. The van der Waals surface area contributed by atoms with Gasteiger partial charge in [-0.1, -0.05) is 126 Å². The van der Waals surface area contributed by atoms with E-state index < -0.39 is 0 Å². The number of anilines is 3. The first-order chi connectivity index (χ1) is 18.1. The second kappa shape index (κ2) is 11.4. The molecule has 0 saturated heterocycles. The molecule has 37 heavy (non-hydrogen) atoms. The summed E-state index contributed by atoms with van der Waals surface area (Å²) in [6.45, 7) is 4.24. The lowest BCUT2D eigenvalue weighted by Gasteiger charge is -2.25.